The Bertz CT molecular complexity index is 1480. The van der Waals surface area contributed by atoms with E-state index in [0.717, 1.165) is 0 Å². The van der Waals surface area contributed by atoms with E-state index in [4.69, 9.17) is 33.5 Å². The van der Waals surface area contributed by atoms with Crippen LogP contribution in [-0.4, -0.2) is 45.0 Å². The minimum atomic E-state index is -0.282. The Balaban J connectivity index is 1.30. The van der Waals surface area contributed by atoms with Gasteiger partial charge in [0.15, 0.2) is 11.6 Å². The zero-order valence-electron chi connectivity index (χ0n) is 18.0. The lowest BCUT2D eigenvalue weighted by Gasteiger charge is -2.18. The minimum absolute atomic E-state index is 0.124. The monoisotopic (exact) mass is 499 g/mol. The second-order valence-electron chi connectivity index (χ2n) is 7.98. The van der Waals surface area contributed by atoms with E-state index in [1.54, 1.807) is 31.3 Å². The van der Waals surface area contributed by atoms with E-state index in [9.17, 15) is 9.59 Å². The van der Waals surface area contributed by atoms with Crippen LogP contribution in [0.5, 0.6) is 0 Å². The van der Waals surface area contributed by atoms with Gasteiger partial charge in [0.25, 0.3) is 11.5 Å². The minimum Gasteiger partial charge on any atom is -0.380 e. The molecule has 0 aliphatic carbocycles. The van der Waals surface area contributed by atoms with Gasteiger partial charge in [-0.25, -0.2) is 9.67 Å². The van der Waals surface area contributed by atoms with E-state index in [2.05, 4.69) is 20.6 Å². The molecule has 0 bridgehead atoms. The summed E-state index contributed by atoms with van der Waals surface area (Å²) in [5, 5.41) is 12.2. The molecule has 174 valence electrons. The molecule has 1 aromatic carbocycles. The van der Waals surface area contributed by atoms with E-state index in [0.29, 0.717) is 63.2 Å². The van der Waals surface area contributed by atoms with Crippen molar-refractivity contribution < 1.29 is 9.32 Å². The maximum atomic E-state index is 12.9. The maximum Gasteiger partial charge on any atom is 0.266 e. The van der Waals surface area contributed by atoms with Gasteiger partial charge >= 0.3 is 0 Å². The molecule has 3 N–H and O–H groups in total. The Kier molecular flexibility index (Phi) is 5.62. The average molecular weight is 500 g/mol. The number of hydrogen-bond acceptors (Lipinski definition) is 8. The summed E-state index contributed by atoms with van der Waals surface area (Å²) in [4.78, 5) is 30.9. The molecule has 1 saturated heterocycles. The third kappa shape index (κ3) is 3.95. The second-order valence-corrected chi connectivity index (χ2v) is 8.80. The number of amides is 1. The summed E-state index contributed by atoms with van der Waals surface area (Å²) in [6.07, 6.45) is 2.22. The van der Waals surface area contributed by atoms with Gasteiger partial charge in [0.1, 0.15) is 0 Å². The van der Waals surface area contributed by atoms with Gasteiger partial charge in [-0.05, 0) is 24.6 Å². The van der Waals surface area contributed by atoms with Gasteiger partial charge < -0.3 is 20.5 Å². The van der Waals surface area contributed by atoms with Gasteiger partial charge in [0.05, 0.1) is 26.7 Å². The van der Waals surface area contributed by atoms with Crippen molar-refractivity contribution in [1.29, 1.82) is 0 Å². The summed E-state index contributed by atoms with van der Waals surface area (Å²) >= 11 is 12.6. The molecule has 10 nitrogen and oxygen atoms in total. The van der Waals surface area contributed by atoms with Gasteiger partial charge in [-0.15, -0.1) is 0 Å². The predicted molar refractivity (Wildman–Crippen MR) is 129 cm³/mol. The lowest BCUT2D eigenvalue weighted by molar-refractivity contribution is 0.0940. The van der Waals surface area contributed by atoms with Crippen molar-refractivity contribution in [1.82, 2.24) is 25.2 Å². The van der Waals surface area contributed by atoms with Crippen LogP contribution in [0, 0.1) is 0 Å². The van der Waals surface area contributed by atoms with Crippen molar-refractivity contribution in [2.45, 2.75) is 12.5 Å². The highest BCUT2D eigenvalue weighted by atomic mass is 35.5. The van der Waals surface area contributed by atoms with Crippen LogP contribution in [0.1, 0.15) is 16.8 Å². The fourth-order valence-corrected chi connectivity index (χ4v) is 4.50. The maximum absolute atomic E-state index is 12.9. The molecule has 0 spiro atoms. The Hall–Kier alpha value is -3.63. The SMILES string of the molecule is Cn1nc(-c2ccc(C(=O)N[C@@H]3CCN(c4ncc(Cl)c5c(N)noc45)C3)c(Cl)c2)ccc1=O. The number of halogens is 2. The molecule has 1 fully saturated rings. The van der Waals surface area contributed by atoms with Crippen LogP contribution in [-0.2, 0) is 7.05 Å². The lowest BCUT2D eigenvalue weighted by atomic mass is 10.1. The molecule has 5 rings (SSSR count). The van der Waals surface area contributed by atoms with E-state index >= 15 is 0 Å². The molecule has 12 heteroatoms. The Labute approximate surface area is 203 Å². The van der Waals surface area contributed by atoms with Gasteiger partial charge in [-0.1, -0.05) is 34.4 Å². The molecule has 4 aromatic rings. The lowest BCUT2D eigenvalue weighted by Crippen LogP contribution is -2.37. The molecule has 1 aliphatic heterocycles. The van der Waals surface area contributed by atoms with Crippen molar-refractivity contribution in [3.8, 4) is 11.3 Å². The number of aryl methyl sites for hydroxylation is 1. The number of nitrogens with one attached hydrogen (secondary N) is 1. The van der Waals surface area contributed by atoms with Crippen molar-refractivity contribution in [3.63, 3.8) is 0 Å². The van der Waals surface area contributed by atoms with E-state index < -0.39 is 0 Å². The molecule has 34 heavy (non-hydrogen) atoms. The number of carbonyl (C=O) groups excluding carboxylic acids is 1. The number of nitrogens with zero attached hydrogens (tertiary/aromatic N) is 5. The van der Waals surface area contributed by atoms with Crippen LogP contribution in [0.2, 0.25) is 10.0 Å². The molecule has 0 unspecified atom stereocenters. The largest absolute Gasteiger partial charge is 0.380 e. The van der Waals surface area contributed by atoms with Crippen LogP contribution in [0.3, 0.4) is 0 Å². The summed E-state index contributed by atoms with van der Waals surface area (Å²) < 4.78 is 6.59. The number of hydrogen-bond donors (Lipinski definition) is 2. The number of carbonyl (C=O) groups is 1. The normalized spacial score (nSPS) is 15.7. The molecule has 0 saturated carbocycles. The molecule has 3 aromatic heterocycles. The number of nitrogen functional groups attached to an aromatic ring is 1. The Morgan fingerprint density at radius 2 is 2.06 bits per heavy atom. The van der Waals surface area contributed by atoms with Gasteiger partial charge in [0, 0.05) is 44.0 Å². The van der Waals surface area contributed by atoms with Gasteiger partial charge in [-0.2, -0.15) is 5.10 Å². The second kappa shape index (κ2) is 8.62. The molecule has 1 amide bonds. The molecular formula is C22H19Cl2N7O3. The van der Waals surface area contributed by atoms with Crippen LogP contribution in [0.4, 0.5) is 11.6 Å². The smallest absolute Gasteiger partial charge is 0.266 e. The first-order chi connectivity index (χ1) is 16.3. The summed E-state index contributed by atoms with van der Waals surface area (Å²) in [6.45, 7) is 1.17. The van der Waals surface area contributed by atoms with Crippen molar-refractivity contribution in [2.24, 2.45) is 7.05 Å². The van der Waals surface area contributed by atoms with Crippen LogP contribution in [0.25, 0.3) is 22.2 Å². The first-order valence-corrected chi connectivity index (χ1v) is 11.2. The summed E-state index contributed by atoms with van der Waals surface area (Å²) in [5.41, 5.74) is 7.70. The molecule has 1 aliphatic rings. The third-order valence-corrected chi connectivity index (χ3v) is 6.35. The van der Waals surface area contributed by atoms with Gasteiger partial charge in [-0.3, -0.25) is 9.59 Å². The van der Waals surface area contributed by atoms with Crippen LogP contribution < -0.4 is 21.5 Å². The van der Waals surface area contributed by atoms with E-state index in [1.807, 2.05) is 4.90 Å². The standard InChI is InChI=1S/C22H19Cl2N7O3/c1-30-17(32)5-4-16(28-30)11-2-3-13(14(23)8-11)22(33)27-12-6-7-31(10-12)21-19-18(15(24)9-26-21)20(25)29-34-19/h2-5,8-9,12H,6-7,10H2,1H3,(H2,25,29)(H,27,33)/t12-/m1/s1. The Morgan fingerprint density at radius 3 is 2.82 bits per heavy atom. The topological polar surface area (TPSA) is 132 Å². The van der Waals surface area contributed by atoms with Crippen LogP contribution in [0.15, 0.2) is 45.8 Å². The van der Waals surface area contributed by atoms with Gasteiger partial charge in [0.2, 0.25) is 5.58 Å². The first-order valence-electron chi connectivity index (χ1n) is 10.4. The molecule has 1 atom stereocenters. The van der Waals surface area contributed by atoms with Crippen LogP contribution >= 0.6 is 23.2 Å². The fraction of sp³-hybridized carbons (Fsp3) is 0.227. The number of rotatable bonds is 4. The third-order valence-electron chi connectivity index (χ3n) is 5.75. The number of fused-ring (bicyclic) bond motifs is 1. The molecule has 4 heterocycles. The Morgan fingerprint density at radius 1 is 1.24 bits per heavy atom. The fourth-order valence-electron chi connectivity index (χ4n) is 4.00. The number of pyridine rings is 1. The first kappa shape index (κ1) is 22.2. The highest BCUT2D eigenvalue weighted by molar-refractivity contribution is 6.36. The molecular weight excluding hydrogens is 481 g/mol. The number of benzene rings is 1. The number of aromatic nitrogens is 4. The number of nitrogens with two attached hydrogens (primary N) is 1. The van der Waals surface area contributed by atoms with E-state index in [1.165, 1.54) is 16.9 Å². The average Bonchev–Trinajstić information content (AvgIpc) is 3.43. The summed E-state index contributed by atoms with van der Waals surface area (Å²) in [6, 6.07) is 7.98. The summed E-state index contributed by atoms with van der Waals surface area (Å²) in [5.74, 6) is 0.501. The van der Waals surface area contributed by atoms with Crippen molar-refractivity contribution in [3.05, 3.63) is 62.5 Å². The zero-order chi connectivity index (χ0) is 24.0. The number of anilines is 2. The molecule has 0 radical (unpaired) electrons. The predicted octanol–water partition coefficient (Wildman–Crippen LogP) is 2.88. The quantitative estimate of drug-likeness (QED) is 0.437. The highest BCUT2D eigenvalue weighted by Gasteiger charge is 2.29. The van der Waals surface area contributed by atoms with Crippen molar-refractivity contribution in [2.75, 3.05) is 23.7 Å². The van der Waals surface area contributed by atoms with E-state index in [-0.39, 0.29) is 23.3 Å². The zero-order valence-corrected chi connectivity index (χ0v) is 19.5. The van der Waals surface area contributed by atoms with Crippen molar-refractivity contribution >= 4 is 51.7 Å². The highest BCUT2D eigenvalue weighted by Crippen LogP contribution is 2.35. The summed E-state index contributed by atoms with van der Waals surface area (Å²) in [7, 11) is 1.57.